The summed E-state index contributed by atoms with van der Waals surface area (Å²) in [5, 5.41) is 3.83. The molecule has 0 bridgehead atoms. The lowest BCUT2D eigenvalue weighted by atomic mass is 9.63. The third kappa shape index (κ3) is 4.64. The number of hydrogen-bond donors (Lipinski definition) is 1. The van der Waals surface area contributed by atoms with Crippen LogP contribution in [-0.2, 0) is 28.3 Å². The van der Waals surface area contributed by atoms with Gasteiger partial charge in [0.05, 0.1) is 10.1 Å². The summed E-state index contributed by atoms with van der Waals surface area (Å²) in [6, 6.07) is 15.3. The molecule has 2 aliphatic carbocycles. The van der Waals surface area contributed by atoms with Crippen molar-refractivity contribution in [2.75, 3.05) is 19.6 Å². The third-order valence-corrected chi connectivity index (χ3v) is 12.5. The quantitative estimate of drug-likeness (QED) is 0.385. The van der Waals surface area contributed by atoms with Gasteiger partial charge < -0.3 is 9.88 Å². The van der Waals surface area contributed by atoms with Gasteiger partial charge in [0.2, 0.25) is 0 Å². The van der Waals surface area contributed by atoms with E-state index >= 15 is 0 Å². The minimum absolute atomic E-state index is 0.0255. The van der Waals surface area contributed by atoms with Crippen LogP contribution in [0.3, 0.4) is 0 Å². The normalized spacial score (nSPS) is 24.8. The molecule has 40 heavy (non-hydrogen) atoms. The first-order chi connectivity index (χ1) is 19.4. The molecule has 3 aromatic rings. The highest BCUT2D eigenvalue weighted by atomic mass is 32.2. The van der Waals surface area contributed by atoms with Gasteiger partial charge in [0, 0.05) is 36.7 Å². The second-order valence-electron chi connectivity index (χ2n) is 12.5. The highest BCUT2D eigenvalue weighted by Crippen LogP contribution is 2.51. The van der Waals surface area contributed by atoms with Crippen LogP contribution in [0.1, 0.15) is 68.1 Å². The molecule has 7 rings (SSSR count). The van der Waals surface area contributed by atoms with E-state index in [1.54, 1.807) is 18.2 Å². The predicted octanol–water partition coefficient (Wildman–Crippen LogP) is 6.00. The Morgan fingerprint density at radius 3 is 2.35 bits per heavy atom. The van der Waals surface area contributed by atoms with Crippen molar-refractivity contribution in [3.63, 3.8) is 0 Å². The van der Waals surface area contributed by atoms with Crippen molar-refractivity contribution < 1.29 is 12.8 Å². The zero-order chi connectivity index (χ0) is 27.3. The van der Waals surface area contributed by atoms with Crippen LogP contribution in [0.15, 0.2) is 65.8 Å². The molecule has 1 atom stereocenters. The molecule has 212 valence electrons. The number of halogens is 1. The third-order valence-electron chi connectivity index (χ3n) is 10.2. The van der Waals surface area contributed by atoms with E-state index in [-0.39, 0.29) is 16.6 Å². The fourth-order valence-electron chi connectivity index (χ4n) is 8.01. The number of hydrogen-bond acceptors (Lipinski definition) is 4. The van der Waals surface area contributed by atoms with Crippen molar-refractivity contribution in [1.82, 2.24) is 14.8 Å². The minimum Gasteiger partial charge on any atom is -0.324 e. The maximum Gasteiger partial charge on any atom is 0.181 e. The molecule has 2 aromatic carbocycles. The molecule has 4 aliphatic rings. The first kappa shape index (κ1) is 26.4. The number of likely N-dealkylation sites (tertiary alicyclic amines) is 1. The van der Waals surface area contributed by atoms with E-state index in [2.05, 4.69) is 39.3 Å². The number of nitrogens with zero attached hydrogens (tertiary/aromatic N) is 2. The molecule has 5 nitrogen and oxygen atoms in total. The Hall–Kier alpha value is -2.48. The van der Waals surface area contributed by atoms with Gasteiger partial charge in [0.15, 0.2) is 9.84 Å². The SMILES string of the molecule is O=S(=O)(c1ccc(-n2ccc(CN3CCC(C4(C5CCCC5)NCCc5c(F)cccc54)CC3)c2)cc1)C1CC1. The molecule has 1 saturated heterocycles. The lowest BCUT2D eigenvalue weighted by Crippen LogP contribution is -2.58. The number of piperidine rings is 1. The van der Waals surface area contributed by atoms with E-state index in [9.17, 15) is 12.8 Å². The standard InChI is InChI=1S/C33H40FN3O2S/c34-32-7-3-6-31-30(32)14-18-35-33(31,25-4-1-2-5-25)26-16-19-36(20-17-26)22-24-15-21-37(23-24)27-8-10-28(11-9-27)40(38,39)29-12-13-29/h3,6-11,15,21,23,25-26,29,35H,1-2,4-5,12-14,16-20,22H2. The fraction of sp³-hybridized carbons (Fsp3) is 0.515. The number of nitrogens with one attached hydrogen (secondary N) is 1. The van der Waals surface area contributed by atoms with Gasteiger partial charge in [0.25, 0.3) is 0 Å². The van der Waals surface area contributed by atoms with E-state index in [0.29, 0.717) is 16.7 Å². The minimum atomic E-state index is -3.16. The smallest absolute Gasteiger partial charge is 0.181 e. The van der Waals surface area contributed by atoms with E-state index < -0.39 is 9.84 Å². The van der Waals surface area contributed by atoms with Crippen LogP contribution < -0.4 is 5.32 Å². The highest BCUT2D eigenvalue weighted by molar-refractivity contribution is 7.92. The Kier molecular flexibility index (Phi) is 6.88. The van der Waals surface area contributed by atoms with Crippen molar-refractivity contribution >= 4 is 9.84 Å². The van der Waals surface area contributed by atoms with Crippen LogP contribution in [0, 0.1) is 17.7 Å². The molecule has 0 amide bonds. The summed E-state index contributed by atoms with van der Waals surface area (Å²) < 4.78 is 42.1. The molecular formula is C33H40FN3O2S. The van der Waals surface area contributed by atoms with Crippen LogP contribution >= 0.6 is 0 Å². The van der Waals surface area contributed by atoms with Crippen molar-refractivity contribution in [3.05, 3.63) is 83.4 Å². The number of aromatic nitrogens is 1. The number of fused-ring (bicyclic) bond motifs is 1. The summed E-state index contributed by atoms with van der Waals surface area (Å²) >= 11 is 0. The summed E-state index contributed by atoms with van der Waals surface area (Å²) in [4.78, 5) is 2.99. The Morgan fingerprint density at radius 1 is 0.900 bits per heavy atom. The van der Waals surface area contributed by atoms with E-state index in [0.717, 1.165) is 69.5 Å². The Morgan fingerprint density at radius 2 is 1.62 bits per heavy atom. The predicted molar refractivity (Wildman–Crippen MR) is 156 cm³/mol. The Bertz CT molecular complexity index is 1470. The lowest BCUT2D eigenvalue weighted by Gasteiger charge is -2.52. The van der Waals surface area contributed by atoms with Crippen LogP contribution in [0.2, 0.25) is 0 Å². The van der Waals surface area contributed by atoms with Crippen molar-refractivity contribution in [2.45, 2.75) is 80.0 Å². The fourth-order valence-corrected chi connectivity index (χ4v) is 9.67. The first-order valence-corrected chi connectivity index (χ1v) is 16.8. The second kappa shape index (κ2) is 10.4. The zero-order valence-corrected chi connectivity index (χ0v) is 24.0. The maximum atomic E-state index is 14.9. The van der Waals surface area contributed by atoms with E-state index in [4.69, 9.17) is 0 Å². The summed E-state index contributed by atoms with van der Waals surface area (Å²) in [5.41, 5.74) is 4.35. The number of benzene rings is 2. The largest absolute Gasteiger partial charge is 0.324 e. The van der Waals surface area contributed by atoms with Crippen LogP contribution in [0.4, 0.5) is 4.39 Å². The Labute approximate surface area is 237 Å². The van der Waals surface area contributed by atoms with Gasteiger partial charge in [-0.25, -0.2) is 12.8 Å². The van der Waals surface area contributed by atoms with Gasteiger partial charge in [-0.2, -0.15) is 0 Å². The Balaban J connectivity index is 1.04. The van der Waals surface area contributed by atoms with Crippen LogP contribution in [-0.4, -0.2) is 42.8 Å². The van der Waals surface area contributed by atoms with Crippen molar-refractivity contribution in [1.29, 1.82) is 0 Å². The molecule has 3 fully saturated rings. The van der Waals surface area contributed by atoms with Gasteiger partial charge in [-0.1, -0.05) is 25.0 Å². The molecule has 2 saturated carbocycles. The lowest BCUT2D eigenvalue weighted by molar-refractivity contribution is 0.0529. The topological polar surface area (TPSA) is 54.3 Å². The summed E-state index contributed by atoms with van der Waals surface area (Å²) in [7, 11) is -3.16. The number of rotatable bonds is 7. The van der Waals surface area contributed by atoms with Gasteiger partial charge in [-0.3, -0.25) is 4.90 Å². The monoisotopic (exact) mass is 561 g/mol. The second-order valence-corrected chi connectivity index (χ2v) is 14.7. The van der Waals surface area contributed by atoms with Crippen molar-refractivity contribution in [3.8, 4) is 5.69 Å². The molecule has 0 spiro atoms. The van der Waals surface area contributed by atoms with Gasteiger partial charge in [-0.15, -0.1) is 0 Å². The molecule has 2 aliphatic heterocycles. The van der Waals surface area contributed by atoms with E-state index in [1.807, 2.05) is 18.2 Å². The highest BCUT2D eigenvalue weighted by Gasteiger charge is 2.50. The van der Waals surface area contributed by atoms with Crippen LogP contribution in [0.5, 0.6) is 0 Å². The average molecular weight is 562 g/mol. The molecule has 1 unspecified atom stereocenters. The molecular weight excluding hydrogens is 521 g/mol. The average Bonchev–Trinajstić information content (AvgIpc) is 3.51. The molecule has 1 aromatic heterocycles. The summed E-state index contributed by atoms with van der Waals surface area (Å²) in [5.74, 6) is 1.08. The summed E-state index contributed by atoms with van der Waals surface area (Å²) in [6.45, 7) is 3.86. The maximum absolute atomic E-state index is 14.9. The molecule has 1 N–H and O–H groups in total. The van der Waals surface area contributed by atoms with Gasteiger partial charge in [0.1, 0.15) is 5.82 Å². The zero-order valence-electron chi connectivity index (χ0n) is 23.2. The first-order valence-electron chi connectivity index (χ1n) is 15.2. The molecule has 3 heterocycles. The van der Waals surface area contributed by atoms with Gasteiger partial charge in [-0.05, 0) is 123 Å². The number of sulfone groups is 1. The van der Waals surface area contributed by atoms with E-state index in [1.165, 1.54) is 36.8 Å². The molecule has 7 heteroatoms. The van der Waals surface area contributed by atoms with Gasteiger partial charge >= 0.3 is 0 Å². The van der Waals surface area contributed by atoms with Crippen molar-refractivity contribution in [2.24, 2.45) is 11.8 Å². The van der Waals surface area contributed by atoms with Crippen LogP contribution in [0.25, 0.3) is 5.69 Å². The summed E-state index contributed by atoms with van der Waals surface area (Å²) in [6.07, 6.45) is 13.9. The molecule has 0 radical (unpaired) electrons.